The number of para-hydroxylation sites is 1. The second-order valence-corrected chi connectivity index (χ2v) is 7.65. The fourth-order valence-electron chi connectivity index (χ4n) is 3.71. The lowest BCUT2D eigenvalue weighted by Gasteiger charge is -2.49. The Balaban J connectivity index is 1.72. The first-order valence-corrected chi connectivity index (χ1v) is 9.93. The van der Waals surface area contributed by atoms with Crippen molar-refractivity contribution in [3.05, 3.63) is 24.3 Å². The van der Waals surface area contributed by atoms with E-state index in [0.717, 1.165) is 30.0 Å². The number of urea groups is 1. The lowest BCUT2D eigenvalue weighted by molar-refractivity contribution is -0.121. The van der Waals surface area contributed by atoms with Crippen molar-refractivity contribution in [1.29, 1.82) is 0 Å². The number of hydrogen-bond acceptors (Lipinski definition) is 4. The Bertz CT molecular complexity index is 654. The monoisotopic (exact) mass is 362 g/mol. The molecule has 0 aliphatic carbocycles. The summed E-state index contributed by atoms with van der Waals surface area (Å²) in [5.41, 5.74) is 0.735. The van der Waals surface area contributed by atoms with E-state index in [1.54, 1.807) is 11.8 Å². The normalized spacial score (nSPS) is 24.7. The Hall–Kier alpha value is -1.73. The molecule has 2 saturated heterocycles. The molecule has 1 atom stereocenters. The maximum Gasteiger partial charge on any atom is 0.321 e. The Kier molecular flexibility index (Phi) is 5.54. The second-order valence-electron chi connectivity index (χ2n) is 6.80. The molecule has 6 nitrogen and oxygen atoms in total. The Morgan fingerprint density at radius 3 is 2.88 bits per heavy atom. The number of hydrogen-bond donors (Lipinski definition) is 2. The highest BCUT2D eigenvalue weighted by Crippen LogP contribution is 2.31. The molecule has 0 aromatic heterocycles. The highest BCUT2D eigenvalue weighted by Gasteiger charge is 2.42. The fraction of sp³-hybridized carbons (Fsp3) is 0.556. The molecule has 2 heterocycles. The van der Waals surface area contributed by atoms with Crippen molar-refractivity contribution in [2.45, 2.75) is 29.7 Å². The highest BCUT2D eigenvalue weighted by atomic mass is 32.2. The summed E-state index contributed by atoms with van der Waals surface area (Å²) in [6.45, 7) is 2.86. The van der Waals surface area contributed by atoms with Gasteiger partial charge >= 0.3 is 6.03 Å². The van der Waals surface area contributed by atoms with Crippen LogP contribution in [0, 0.1) is 0 Å². The summed E-state index contributed by atoms with van der Waals surface area (Å²) in [6.07, 6.45) is 4.20. The number of thioether (sulfide) groups is 1. The van der Waals surface area contributed by atoms with Gasteiger partial charge in [0, 0.05) is 43.0 Å². The summed E-state index contributed by atoms with van der Waals surface area (Å²) in [5.74, 6) is 0.112. The molecular formula is C18H26N4O2S. The van der Waals surface area contributed by atoms with Crippen LogP contribution in [0.15, 0.2) is 29.2 Å². The van der Waals surface area contributed by atoms with Crippen LogP contribution in [0.2, 0.25) is 0 Å². The summed E-state index contributed by atoms with van der Waals surface area (Å²) in [5, 5.41) is 6.01. The van der Waals surface area contributed by atoms with Crippen molar-refractivity contribution < 1.29 is 9.59 Å². The minimum Gasteiger partial charge on any atom is -0.356 e. The molecule has 1 aromatic rings. The van der Waals surface area contributed by atoms with Crippen LogP contribution in [0.4, 0.5) is 10.5 Å². The molecule has 25 heavy (non-hydrogen) atoms. The van der Waals surface area contributed by atoms with E-state index in [-0.39, 0.29) is 17.5 Å². The van der Waals surface area contributed by atoms with E-state index in [0.29, 0.717) is 26.1 Å². The SMILES string of the molecule is CSc1ccccc1NC(=O)N1CCN(C)[C@@]2(CCNC(=O)CC2)C1. The van der Waals surface area contributed by atoms with Crippen LogP contribution < -0.4 is 10.6 Å². The Morgan fingerprint density at radius 2 is 2.08 bits per heavy atom. The number of carbonyl (C=O) groups excluding carboxylic acids is 2. The Labute approximate surface area is 153 Å². The molecule has 7 heteroatoms. The van der Waals surface area contributed by atoms with Crippen molar-refractivity contribution >= 4 is 29.4 Å². The second kappa shape index (κ2) is 7.66. The van der Waals surface area contributed by atoms with Gasteiger partial charge in [0.25, 0.3) is 0 Å². The molecule has 1 spiro atoms. The molecule has 0 radical (unpaired) electrons. The number of amides is 3. The van der Waals surface area contributed by atoms with Crippen molar-refractivity contribution in [2.24, 2.45) is 0 Å². The Morgan fingerprint density at radius 1 is 1.28 bits per heavy atom. The zero-order chi connectivity index (χ0) is 17.9. The van der Waals surface area contributed by atoms with E-state index in [1.807, 2.05) is 35.4 Å². The molecule has 2 aliphatic rings. The number of anilines is 1. The maximum atomic E-state index is 12.8. The van der Waals surface area contributed by atoms with Crippen LogP contribution in [-0.4, -0.2) is 66.8 Å². The third-order valence-electron chi connectivity index (χ3n) is 5.37. The van der Waals surface area contributed by atoms with Crippen LogP contribution in [0.1, 0.15) is 19.3 Å². The quantitative estimate of drug-likeness (QED) is 0.792. The van der Waals surface area contributed by atoms with Gasteiger partial charge in [-0.25, -0.2) is 4.79 Å². The number of rotatable bonds is 2. The first kappa shape index (κ1) is 18.1. The van der Waals surface area contributed by atoms with Crippen LogP contribution in [0.5, 0.6) is 0 Å². The van der Waals surface area contributed by atoms with Gasteiger partial charge in [-0.15, -0.1) is 11.8 Å². The van der Waals surface area contributed by atoms with E-state index < -0.39 is 0 Å². The topological polar surface area (TPSA) is 64.7 Å². The average Bonchev–Trinajstić information content (AvgIpc) is 2.80. The van der Waals surface area contributed by atoms with Gasteiger partial charge < -0.3 is 15.5 Å². The van der Waals surface area contributed by atoms with Crippen LogP contribution in [0.3, 0.4) is 0 Å². The first-order valence-electron chi connectivity index (χ1n) is 8.71. The number of piperazine rings is 1. The van der Waals surface area contributed by atoms with Crippen molar-refractivity contribution in [3.63, 3.8) is 0 Å². The zero-order valence-corrected chi connectivity index (χ0v) is 15.7. The summed E-state index contributed by atoms with van der Waals surface area (Å²) >= 11 is 1.62. The number of nitrogens with one attached hydrogen (secondary N) is 2. The molecular weight excluding hydrogens is 336 g/mol. The van der Waals surface area contributed by atoms with Crippen molar-refractivity contribution in [3.8, 4) is 0 Å². The molecule has 0 bridgehead atoms. The molecule has 3 amide bonds. The molecule has 2 aliphatic heterocycles. The third kappa shape index (κ3) is 3.93. The largest absolute Gasteiger partial charge is 0.356 e. The molecule has 2 fully saturated rings. The van der Waals surface area contributed by atoms with Crippen molar-refractivity contribution in [2.75, 3.05) is 44.8 Å². The predicted octanol–water partition coefficient (Wildman–Crippen LogP) is 2.23. The van der Waals surface area contributed by atoms with Crippen LogP contribution in [0.25, 0.3) is 0 Å². The van der Waals surface area contributed by atoms with Gasteiger partial charge in [-0.1, -0.05) is 12.1 Å². The molecule has 2 N–H and O–H groups in total. The third-order valence-corrected chi connectivity index (χ3v) is 6.16. The van der Waals surface area contributed by atoms with Gasteiger partial charge in [0.15, 0.2) is 0 Å². The molecule has 1 aromatic carbocycles. The van der Waals surface area contributed by atoms with Gasteiger partial charge in [0.1, 0.15) is 0 Å². The van der Waals surface area contributed by atoms with E-state index in [4.69, 9.17) is 0 Å². The molecule has 0 unspecified atom stereocenters. The van der Waals surface area contributed by atoms with Gasteiger partial charge in [-0.05, 0) is 38.3 Å². The number of nitrogens with zero attached hydrogens (tertiary/aromatic N) is 2. The fourth-order valence-corrected chi connectivity index (χ4v) is 4.27. The van der Waals surface area contributed by atoms with Crippen molar-refractivity contribution in [1.82, 2.24) is 15.1 Å². The first-order chi connectivity index (χ1) is 12.0. The van der Waals surface area contributed by atoms with Crippen LogP contribution in [-0.2, 0) is 4.79 Å². The van der Waals surface area contributed by atoms with Gasteiger partial charge in [-0.2, -0.15) is 0 Å². The van der Waals surface area contributed by atoms with E-state index >= 15 is 0 Å². The minimum absolute atomic E-state index is 0.0579. The predicted molar refractivity (Wildman–Crippen MR) is 101 cm³/mol. The van der Waals surface area contributed by atoms with E-state index in [9.17, 15) is 9.59 Å². The van der Waals surface area contributed by atoms with E-state index in [1.165, 1.54) is 0 Å². The number of carbonyl (C=O) groups is 2. The van der Waals surface area contributed by atoms with Gasteiger partial charge in [-0.3, -0.25) is 9.69 Å². The van der Waals surface area contributed by atoms with Gasteiger partial charge in [0.2, 0.25) is 5.91 Å². The van der Waals surface area contributed by atoms with E-state index in [2.05, 4.69) is 22.6 Å². The number of likely N-dealkylation sites (N-methyl/N-ethyl adjacent to an activating group) is 1. The number of benzene rings is 1. The van der Waals surface area contributed by atoms with Crippen LogP contribution >= 0.6 is 11.8 Å². The standard InChI is InChI=1S/C18H26N4O2S/c1-21-11-12-22(13-18(21)8-7-16(23)19-10-9-18)17(24)20-14-5-3-4-6-15(14)25-2/h3-6H,7-13H2,1-2H3,(H,19,23)(H,20,24)/t18-/m0/s1. The minimum atomic E-state index is -0.117. The summed E-state index contributed by atoms with van der Waals surface area (Å²) in [7, 11) is 2.11. The maximum absolute atomic E-state index is 12.8. The van der Waals surface area contributed by atoms with Gasteiger partial charge in [0.05, 0.1) is 5.69 Å². The lowest BCUT2D eigenvalue weighted by atomic mass is 9.86. The molecule has 136 valence electrons. The lowest BCUT2D eigenvalue weighted by Crippen LogP contribution is -2.62. The molecule has 3 rings (SSSR count). The highest BCUT2D eigenvalue weighted by molar-refractivity contribution is 7.98. The zero-order valence-electron chi connectivity index (χ0n) is 14.9. The smallest absolute Gasteiger partial charge is 0.321 e. The summed E-state index contributed by atoms with van der Waals surface area (Å²) in [6, 6.07) is 7.79. The summed E-state index contributed by atoms with van der Waals surface area (Å²) in [4.78, 5) is 29.8. The molecule has 0 saturated carbocycles. The summed E-state index contributed by atoms with van der Waals surface area (Å²) < 4.78 is 0. The average molecular weight is 362 g/mol.